The Bertz CT molecular complexity index is 697. The Balaban J connectivity index is 0.00000288. The van der Waals surface area contributed by atoms with Crippen molar-refractivity contribution in [1.29, 1.82) is 0 Å². The molecule has 0 atom stereocenters. The van der Waals surface area contributed by atoms with Gasteiger partial charge in [-0.1, -0.05) is 0 Å². The number of thiocarbonyl (C=S) groups is 1. The third kappa shape index (κ3) is 5.50. The molecule has 1 amide bonds. The molecule has 0 saturated heterocycles. The maximum atomic E-state index is 11.8. The molecule has 0 radical (unpaired) electrons. The molecule has 2 aromatic rings. The molecule has 24 heavy (non-hydrogen) atoms. The van der Waals surface area contributed by atoms with Crippen LogP contribution >= 0.6 is 24.6 Å². The van der Waals surface area contributed by atoms with Gasteiger partial charge in [0.05, 0.1) is 23.8 Å². The van der Waals surface area contributed by atoms with Crippen LogP contribution in [0.25, 0.3) is 0 Å². The summed E-state index contributed by atoms with van der Waals surface area (Å²) in [6, 6.07) is 0. The van der Waals surface area contributed by atoms with Crippen molar-refractivity contribution in [2.75, 3.05) is 5.32 Å². The number of nitrogens with zero attached hydrogens (tertiary/aromatic N) is 4. The van der Waals surface area contributed by atoms with E-state index < -0.39 is 0 Å². The lowest BCUT2D eigenvalue weighted by Crippen LogP contribution is -2.44. The van der Waals surface area contributed by atoms with Gasteiger partial charge in [0.25, 0.3) is 0 Å². The Labute approximate surface area is 152 Å². The highest BCUT2D eigenvalue weighted by atomic mass is 35.5. The van der Waals surface area contributed by atoms with Crippen LogP contribution in [0.4, 0.5) is 5.69 Å². The summed E-state index contributed by atoms with van der Waals surface area (Å²) < 4.78 is 3.59. The molecule has 0 saturated carbocycles. The predicted octanol–water partition coefficient (Wildman–Crippen LogP) is 1.55. The topological polar surface area (TPSA) is 88.8 Å². The molecule has 0 fully saturated rings. The van der Waals surface area contributed by atoms with Crippen LogP contribution < -0.4 is 16.2 Å². The smallest absolute Gasteiger partial charge is 0.240 e. The van der Waals surface area contributed by atoms with E-state index in [-0.39, 0.29) is 18.3 Å². The summed E-state index contributed by atoms with van der Waals surface area (Å²) in [6.45, 7) is 7.23. The van der Waals surface area contributed by atoms with E-state index in [4.69, 9.17) is 12.2 Å². The van der Waals surface area contributed by atoms with Crippen molar-refractivity contribution in [3.63, 3.8) is 0 Å². The number of hydrogen-bond donors (Lipinski definition) is 3. The molecule has 0 unspecified atom stereocenters. The molecule has 0 aliphatic carbocycles. The van der Waals surface area contributed by atoms with Gasteiger partial charge in [0.15, 0.2) is 5.11 Å². The molecule has 3 N–H and O–H groups in total. The highest BCUT2D eigenvalue weighted by molar-refractivity contribution is 7.80. The monoisotopic (exact) mass is 371 g/mol. The van der Waals surface area contributed by atoms with E-state index in [1.54, 1.807) is 17.1 Å². The molecular formula is C14H22ClN7OS. The van der Waals surface area contributed by atoms with Crippen LogP contribution in [0.1, 0.15) is 24.6 Å². The lowest BCUT2D eigenvalue weighted by Gasteiger charge is -2.11. The van der Waals surface area contributed by atoms with Gasteiger partial charge in [-0.05, 0) is 38.6 Å². The van der Waals surface area contributed by atoms with E-state index in [0.717, 1.165) is 23.5 Å². The van der Waals surface area contributed by atoms with Gasteiger partial charge in [0.1, 0.15) is 0 Å². The van der Waals surface area contributed by atoms with E-state index in [1.165, 1.54) is 0 Å². The van der Waals surface area contributed by atoms with Crippen LogP contribution in [0.2, 0.25) is 0 Å². The highest BCUT2D eigenvalue weighted by Gasteiger charge is 2.07. The molecule has 8 nitrogen and oxygen atoms in total. The maximum absolute atomic E-state index is 11.8. The van der Waals surface area contributed by atoms with Crippen molar-refractivity contribution in [2.24, 2.45) is 0 Å². The first kappa shape index (κ1) is 19.9. The number of amides is 1. The van der Waals surface area contributed by atoms with E-state index >= 15 is 0 Å². The van der Waals surface area contributed by atoms with Crippen molar-refractivity contribution < 1.29 is 4.79 Å². The first-order chi connectivity index (χ1) is 11.0. The summed E-state index contributed by atoms with van der Waals surface area (Å²) in [7, 11) is 0. The van der Waals surface area contributed by atoms with Crippen LogP contribution in [0.15, 0.2) is 18.6 Å². The molecule has 0 spiro atoms. The second-order valence-corrected chi connectivity index (χ2v) is 5.53. The van der Waals surface area contributed by atoms with Crippen LogP contribution in [0, 0.1) is 13.8 Å². The van der Waals surface area contributed by atoms with Gasteiger partial charge >= 0.3 is 0 Å². The minimum atomic E-state index is -0.164. The van der Waals surface area contributed by atoms with Crippen molar-refractivity contribution in [3.8, 4) is 0 Å². The number of carbonyl (C=O) groups is 1. The third-order valence-electron chi connectivity index (χ3n) is 3.30. The van der Waals surface area contributed by atoms with Crippen molar-refractivity contribution >= 4 is 41.3 Å². The average molecular weight is 372 g/mol. The largest absolute Gasteiger partial charge is 0.329 e. The number of carbonyl (C=O) groups excluding carboxylic acids is 1. The van der Waals surface area contributed by atoms with Gasteiger partial charge in [-0.15, -0.1) is 12.4 Å². The standard InChI is InChI=1S/C14H21N7OS.ClH/c1-4-21-11(3)12(8-16-21)17-14(23)19-18-13(22)5-6-20-9-10(2)7-15-20;/h7-9H,4-6H2,1-3H3,(H,18,22)(H2,17,19,23);1H. The maximum Gasteiger partial charge on any atom is 0.240 e. The zero-order chi connectivity index (χ0) is 16.8. The highest BCUT2D eigenvalue weighted by Crippen LogP contribution is 2.12. The fourth-order valence-corrected chi connectivity index (χ4v) is 2.20. The number of hydrazine groups is 1. The van der Waals surface area contributed by atoms with E-state index in [1.807, 2.05) is 31.6 Å². The third-order valence-corrected chi connectivity index (χ3v) is 3.50. The second-order valence-electron chi connectivity index (χ2n) is 5.12. The van der Waals surface area contributed by atoms with E-state index in [0.29, 0.717) is 18.1 Å². The first-order valence-electron chi connectivity index (χ1n) is 7.37. The Morgan fingerprint density at radius 2 is 2.00 bits per heavy atom. The lowest BCUT2D eigenvalue weighted by atomic mass is 10.4. The normalized spacial score (nSPS) is 9.96. The zero-order valence-electron chi connectivity index (χ0n) is 13.9. The Morgan fingerprint density at radius 1 is 1.25 bits per heavy atom. The Kier molecular flexibility index (Phi) is 7.66. The average Bonchev–Trinajstić information content (AvgIpc) is 3.09. The summed E-state index contributed by atoms with van der Waals surface area (Å²) in [5, 5.41) is 11.7. The zero-order valence-corrected chi connectivity index (χ0v) is 15.5. The molecular weight excluding hydrogens is 350 g/mol. The van der Waals surface area contributed by atoms with Crippen molar-refractivity contribution in [1.82, 2.24) is 30.4 Å². The minimum absolute atomic E-state index is 0. The Hall–Kier alpha value is -2.13. The molecule has 2 aromatic heterocycles. The number of anilines is 1. The molecule has 132 valence electrons. The van der Waals surface area contributed by atoms with Crippen LogP contribution in [-0.2, 0) is 17.9 Å². The molecule has 2 heterocycles. The van der Waals surface area contributed by atoms with Crippen LogP contribution in [0.3, 0.4) is 0 Å². The van der Waals surface area contributed by atoms with Gasteiger partial charge in [-0.3, -0.25) is 25.0 Å². The summed E-state index contributed by atoms with van der Waals surface area (Å²) in [4.78, 5) is 11.8. The van der Waals surface area contributed by atoms with Crippen LogP contribution in [-0.4, -0.2) is 30.6 Å². The van der Waals surface area contributed by atoms with Gasteiger partial charge in [0, 0.05) is 25.7 Å². The molecule has 0 bridgehead atoms. The molecule has 0 aliphatic rings. The fraction of sp³-hybridized carbons (Fsp3) is 0.429. The lowest BCUT2D eigenvalue weighted by molar-refractivity contribution is -0.121. The number of hydrogen-bond acceptors (Lipinski definition) is 4. The number of aryl methyl sites for hydroxylation is 3. The first-order valence-corrected chi connectivity index (χ1v) is 7.77. The van der Waals surface area contributed by atoms with E-state index in [2.05, 4.69) is 26.4 Å². The second kappa shape index (κ2) is 9.24. The number of halogens is 1. The Morgan fingerprint density at radius 3 is 2.58 bits per heavy atom. The predicted molar refractivity (Wildman–Crippen MR) is 99.0 cm³/mol. The summed E-state index contributed by atoms with van der Waals surface area (Å²) in [6.07, 6.45) is 5.66. The van der Waals surface area contributed by atoms with E-state index in [9.17, 15) is 4.79 Å². The summed E-state index contributed by atoms with van der Waals surface area (Å²) in [5.74, 6) is -0.164. The number of nitrogens with one attached hydrogen (secondary N) is 3. The molecule has 2 rings (SSSR count). The summed E-state index contributed by atoms with van der Waals surface area (Å²) >= 11 is 5.15. The molecule has 0 aliphatic heterocycles. The molecule has 0 aromatic carbocycles. The van der Waals surface area contributed by atoms with Gasteiger partial charge in [-0.25, -0.2) is 0 Å². The van der Waals surface area contributed by atoms with Crippen LogP contribution in [0.5, 0.6) is 0 Å². The SMILES string of the molecule is CCn1ncc(NC(=S)NNC(=O)CCn2cc(C)cn2)c1C.Cl. The van der Waals surface area contributed by atoms with Crippen molar-refractivity contribution in [2.45, 2.75) is 40.3 Å². The van der Waals surface area contributed by atoms with Crippen molar-refractivity contribution in [3.05, 3.63) is 29.8 Å². The van der Waals surface area contributed by atoms with Gasteiger partial charge in [-0.2, -0.15) is 10.2 Å². The summed E-state index contributed by atoms with van der Waals surface area (Å²) in [5.41, 5.74) is 8.10. The fourth-order valence-electron chi connectivity index (χ4n) is 2.04. The minimum Gasteiger partial charge on any atom is -0.329 e. The van der Waals surface area contributed by atoms with Gasteiger partial charge in [0.2, 0.25) is 5.91 Å². The van der Waals surface area contributed by atoms with Gasteiger partial charge < -0.3 is 5.32 Å². The number of rotatable bonds is 5. The molecule has 10 heteroatoms. The quantitative estimate of drug-likeness (QED) is 0.546. The number of aromatic nitrogens is 4.